The Hall–Kier alpha value is -0.390. The number of oxime groups is 1. The van der Waals surface area contributed by atoms with Crippen molar-refractivity contribution in [1.82, 2.24) is 0 Å². The summed E-state index contributed by atoms with van der Waals surface area (Å²) < 4.78 is 1.08. The topological polar surface area (TPSA) is 47.6 Å². The Kier molecular flexibility index (Phi) is 4.41. The molecule has 0 unspecified atom stereocenters. The molecule has 0 radical (unpaired) electrons. The zero-order valence-corrected chi connectivity index (χ0v) is 9.69. The highest BCUT2D eigenvalue weighted by molar-refractivity contribution is 9.10. The van der Waals surface area contributed by atoms with Gasteiger partial charge in [0.25, 0.3) is 0 Å². The van der Waals surface area contributed by atoms with Crippen molar-refractivity contribution in [3.8, 4) is 0 Å². The first-order valence-corrected chi connectivity index (χ1v) is 5.48. The minimum atomic E-state index is 0.439. The lowest BCUT2D eigenvalue weighted by atomic mass is 10.4. The molecule has 1 heterocycles. The quantitative estimate of drug-likeness (QED) is 0.669. The number of halogens is 1. The Labute approximate surface area is 89.7 Å². The van der Waals surface area contributed by atoms with Gasteiger partial charge in [-0.25, -0.2) is 0 Å². The second kappa shape index (κ2) is 5.36. The standard InChI is InChI=1S/C8H11BrN2OS/c1-6(3-10)11-12-4-8-2-7(9)5-13-8/h2,5H,3-4,10H2,1H3/b11-6+. The molecule has 0 aliphatic heterocycles. The minimum absolute atomic E-state index is 0.439. The van der Waals surface area contributed by atoms with Gasteiger partial charge in [-0.1, -0.05) is 5.16 Å². The first-order chi connectivity index (χ1) is 6.22. The second-order valence-corrected chi connectivity index (χ2v) is 4.45. The van der Waals surface area contributed by atoms with Gasteiger partial charge in [0.05, 0.1) is 5.71 Å². The van der Waals surface area contributed by atoms with E-state index in [9.17, 15) is 0 Å². The van der Waals surface area contributed by atoms with Gasteiger partial charge in [0, 0.05) is 21.3 Å². The van der Waals surface area contributed by atoms with Gasteiger partial charge >= 0.3 is 0 Å². The molecule has 0 spiro atoms. The Morgan fingerprint density at radius 3 is 3.08 bits per heavy atom. The lowest BCUT2D eigenvalue weighted by Gasteiger charge is -1.97. The Morgan fingerprint density at radius 1 is 1.77 bits per heavy atom. The van der Waals surface area contributed by atoms with Gasteiger partial charge in [0.1, 0.15) is 0 Å². The third kappa shape index (κ3) is 3.89. The maximum absolute atomic E-state index is 5.34. The molecule has 0 fully saturated rings. The fourth-order valence-corrected chi connectivity index (χ4v) is 2.03. The maximum atomic E-state index is 5.34. The number of nitrogens with zero attached hydrogens (tertiary/aromatic N) is 1. The zero-order chi connectivity index (χ0) is 9.68. The van der Waals surface area contributed by atoms with Crippen LogP contribution in [-0.2, 0) is 11.4 Å². The molecule has 0 saturated carbocycles. The molecule has 3 nitrogen and oxygen atoms in total. The van der Waals surface area contributed by atoms with Gasteiger partial charge in [0.2, 0.25) is 0 Å². The molecule has 0 atom stereocenters. The average molecular weight is 263 g/mol. The highest BCUT2D eigenvalue weighted by Crippen LogP contribution is 2.20. The average Bonchev–Trinajstić information content (AvgIpc) is 2.51. The number of hydrogen-bond donors (Lipinski definition) is 1. The number of thiophene rings is 1. The second-order valence-electron chi connectivity index (χ2n) is 2.54. The fraction of sp³-hybridized carbons (Fsp3) is 0.375. The van der Waals surface area contributed by atoms with Crippen molar-refractivity contribution >= 4 is 33.0 Å². The third-order valence-electron chi connectivity index (χ3n) is 1.34. The van der Waals surface area contributed by atoms with E-state index in [4.69, 9.17) is 10.6 Å². The molecule has 1 aromatic rings. The smallest absolute Gasteiger partial charge is 0.151 e. The predicted molar refractivity (Wildman–Crippen MR) is 59.0 cm³/mol. The van der Waals surface area contributed by atoms with Crippen LogP contribution in [-0.4, -0.2) is 12.3 Å². The molecule has 5 heteroatoms. The van der Waals surface area contributed by atoms with E-state index in [2.05, 4.69) is 21.1 Å². The summed E-state index contributed by atoms with van der Waals surface area (Å²) in [5, 5.41) is 5.84. The molecular weight excluding hydrogens is 252 g/mol. The van der Waals surface area contributed by atoms with Crippen LogP contribution in [0.15, 0.2) is 21.1 Å². The SMILES string of the molecule is C/C(CN)=N\OCc1cc(Br)cs1. The van der Waals surface area contributed by atoms with Crippen molar-refractivity contribution in [3.05, 3.63) is 20.8 Å². The van der Waals surface area contributed by atoms with Crippen LogP contribution in [0.5, 0.6) is 0 Å². The van der Waals surface area contributed by atoms with Crippen LogP contribution in [0.25, 0.3) is 0 Å². The Morgan fingerprint density at radius 2 is 2.54 bits per heavy atom. The molecule has 0 aromatic carbocycles. The lowest BCUT2D eigenvalue weighted by molar-refractivity contribution is 0.132. The number of hydrogen-bond acceptors (Lipinski definition) is 4. The third-order valence-corrected chi connectivity index (χ3v) is 3.02. The molecule has 0 bridgehead atoms. The van der Waals surface area contributed by atoms with Crippen molar-refractivity contribution < 1.29 is 4.84 Å². The van der Waals surface area contributed by atoms with E-state index in [1.807, 2.05) is 18.4 Å². The highest BCUT2D eigenvalue weighted by Gasteiger charge is 1.97. The molecule has 0 amide bonds. The van der Waals surface area contributed by atoms with Gasteiger partial charge in [-0.2, -0.15) is 0 Å². The van der Waals surface area contributed by atoms with E-state index in [-0.39, 0.29) is 0 Å². The van der Waals surface area contributed by atoms with E-state index >= 15 is 0 Å². The van der Waals surface area contributed by atoms with Crippen molar-refractivity contribution in [3.63, 3.8) is 0 Å². The van der Waals surface area contributed by atoms with Gasteiger partial charge in [-0.05, 0) is 28.9 Å². The number of rotatable bonds is 4. The van der Waals surface area contributed by atoms with Gasteiger partial charge in [0.15, 0.2) is 6.61 Å². The summed E-state index contributed by atoms with van der Waals surface area (Å²) in [7, 11) is 0. The van der Waals surface area contributed by atoms with E-state index in [1.54, 1.807) is 11.3 Å². The summed E-state index contributed by atoms with van der Waals surface area (Å²) in [5.41, 5.74) is 6.14. The van der Waals surface area contributed by atoms with Crippen molar-refractivity contribution in [2.24, 2.45) is 10.9 Å². The summed E-state index contributed by atoms with van der Waals surface area (Å²) in [6.45, 7) is 2.78. The first-order valence-electron chi connectivity index (χ1n) is 3.81. The molecule has 2 N–H and O–H groups in total. The normalized spacial score (nSPS) is 11.8. The predicted octanol–water partition coefficient (Wildman–Crippen LogP) is 2.36. The maximum Gasteiger partial charge on any atom is 0.151 e. The van der Waals surface area contributed by atoms with Gasteiger partial charge < -0.3 is 10.6 Å². The summed E-state index contributed by atoms with van der Waals surface area (Å²) in [6, 6.07) is 2.01. The van der Waals surface area contributed by atoms with Crippen LogP contribution in [0.4, 0.5) is 0 Å². The van der Waals surface area contributed by atoms with Crippen LogP contribution in [0, 0.1) is 0 Å². The van der Waals surface area contributed by atoms with Crippen LogP contribution in [0.1, 0.15) is 11.8 Å². The molecule has 72 valence electrons. The molecule has 1 rings (SSSR count). The Bertz CT molecular complexity index is 298. The van der Waals surface area contributed by atoms with E-state index < -0.39 is 0 Å². The lowest BCUT2D eigenvalue weighted by Crippen LogP contribution is -2.09. The Balaban J connectivity index is 2.35. The molecule has 13 heavy (non-hydrogen) atoms. The summed E-state index contributed by atoms with van der Waals surface area (Å²) in [5.74, 6) is 0. The largest absolute Gasteiger partial charge is 0.390 e. The number of nitrogens with two attached hydrogens (primary N) is 1. The van der Waals surface area contributed by atoms with Crippen molar-refractivity contribution in [2.45, 2.75) is 13.5 Å². The molecule has 0 saturated heterocycles. The van der Waals surface area contributed by atoms with Crippen molar-refractivity contribution in [2.75, 3.05) is 6.54 Å². The monoisotopic (exact) mass is 262 g/mol. The molecular formula is C8H11BrN2OS. The van der Waals surface area contributed by atoms with Crippen LogP contribution in [0.2, 0.25) is 0 Å². The van der Waals surface area contributed by atoms with Gasteiger partial charge in [-0.3, -0.25) is 0 Å². The van der Waals surface area contributed by atoms with Crippen LogP contribution >= 0.6 is 27.3 Å². The summed E-state index contributed by atoms with van der Waals surface area (Å²) in [6.07, 6.45) is 0. The fourth-order valence-electron chi connectivity index (χ4n) is 0.673. The van der Waals surface area contributed by atoms with Crippen LogP contribution < -0.4 is 5.73 Å². The highest BCUT2D eigenvalue weighted by atomic mass is 79.9. The van der Waals surface area contributed by atoms with E-state index in [1.165, 1.54) is 0 Å². The van der Waals surface area contributed by atoms with E-state index in [0.717, 1.165) is 15.1 Å². The summed E-state index contributed by atoms with van der Waals surface area (Å²) >= 11 is 5.00. The zero-order valence-electron chi connectivity index (χ0n) is 7.29. The summed E-state index contributed by atoms with van der Waals surface area (Å²) in [4.78, 5) is 6.22. The van der Waals surface area contributed by atoms with Crippen molar-refractivity contribution in [1.29, 1.82) is 0 Å². The molecule has 1 aromatic heterocycles. The van der Waals surface area contributed by atoms with E-state index in [0.29, 0.717) is 13.2 Å². The minimum Gasteiger partial charge on any atom is -0.390 e. The molecule has 0 aliphatic carbocycles. The van der Waals surface area contributed by atoms with Crippen LogP contribution in [0.3, 0.4) is 0 Å². The molecule has 0 aliphatic rings. The first kappa shape index (κ1) is 10.7. The van der Waals surface area contributed by atoms with Gasteiger partial charge in [-0.15, -0.1) is 11.3 Å².